The van der Waals surface area contributed by atoms with Crippen molar-refractivity contribution in [1.29, 1.82) is 0 Å². The Balaban J connectivity index is 0.00000136. The van der Waals surface area contributed by atoms with Crippen molar-refractivity contribution in [2.45, 2.75) is 279 Å². The van der Waals surface area contributed by atoms with E-state index in [2.05, 4.69) is 69.8 Å². The lowest BCUT2D eigenvalue weighted by Crippen LogP contribution is -2.46. The minimum atomic E-state index is -0.169. The number of aliphatic hydroxyl groups is 3. The van der Waals surface area contributed by atoms with Crippen LogP contribution in [0.5, 0.6) is 40.2 Å². The van der Waals surface area contributed by atoms with Gasteiger partial charge in [-0.1, -0.05) is 133 Å². The highest BCUT2D eigenvalue weighted by Crippen LogP contribution is 2.36. The van der Waals surface area contributed by atoms with Gasteiger partial charge in [-0.2, -0.15) is 0 Å². The molecule has 0 unspecified atom stereocenters. The smallest absolute Gasteiger partial charge is 0.160 e. The lowest BCUT2D eigenvalue weighted by atomic mass is 9.91. The average molecular weight is 1570 g/mol. The molecule has 8 fully saturated rings. The van der Waals surface area contributed by atoms with Crippen molar-refractivity contribution in [3.05, 3.63) is 101 Å². The Labute approximate surface area is 668 Å². The number of phenolic OH excluding ortho intramolecular Hbond substituents is 1. The van der Waals surface area contributed by atoms with Crippen molar-refractivity contribution in [3.8, 4) is 40.2 Å². The molecule has 4 saturated carbocycles. The van der Waals surface area contributed by atoms with Gasteiger partial charge in [0.15, 0.2) is 34.5 Å². The molecule has 4 saturated heterocycles. The number of hydrogen-bond donors (Lipinski definition) is 4. The number of β-amino-alcohol motifs (C(OH)–C–C–N with tert-alkyl or cyclic N) is 3. The van der Waals surface area contributed by atoms with Gasteiger partial charge in [-0.05, 0) is 192 Å². The molecular formula is C86H151Cl3N4O14. The van der Waals surface area contributed by atoms with E-state index in [1.54, 1.807) is 48.7 Å². The summed E-state index contributed by atoms with van der Waals surface area (Å²) in [5.41, 5.74) is 5.97. The van der Waals surface area contributed by atoms with Crippen LogP contribution in [0, 0.1) is 12.8 Å². The number of hydrogen-bond acceptors (Lipinski definition) is 18. The lowest BCUT2D eigenvalue weighted by Gasteiger charge is -2.38. The van der Waals surface area contributed by atoms with Crippen molar-refractivity contribution >= 4 is 37.2 Å². The molecule has 4 aliphatic heterocycles. The zero-order valence-electron chi connectivity index (χ0n) is 62.2. The Kier molecular flexibility index (Phi) is 52.5. The van der Waals surface area contributed by atoms with Crippen LogP contribution < -0.4 is 28.4 Å². The van der Waals surface area contributed by atoms with Crippen LogP contribution in [0.1, 0.15) is 208 Å². The summed E-state index contributed by atoms with van der Waals surface area (Å²) in [6, 6.07) is 26.1. The zero-order valence-corrected chi connectivity index (χ0v) is 64.6. The fourth-order valence-corrected chi connectivity index (χ4v) is 16.5. The van der Waals surface area contributed by atoms with E-state index in [0.29, 0.717) is 61.4 Å². The van der Waals surface area contributed by atoms with E-state index in [0.717, 1.165) is 157 Å². The molecule has 18 nitrogen and oxygen atoms in total. The summed E-state index contributed by atoms with van der Waals surface area (Å²) in [6.07, 6.45) is 28.0. The highest BCUT2D eigenvalue weighted by Gasteiger charge is 2.38. The Bertz CT molecular complexity index is 2770. The molecule has 4 aromatic rings. The molecule has 107 heavy (non-hydrogen) atoms. The quantitative estimate of drug-likeness (QED) is 0.0465. The number of benzene rings is 4. The number of likely N-dealkylation sites (tertiary alicyclic amines) is 4. The highest BCUT2D eigenvalue weighted by atomic mass is 35.5. The van der Waals surface area contributed by atoms with Crippen LogP contribution >= 0.6 is 37.2 Å². The number of methoxy groups -OCH3 is 6. The van der Waals surface area contributed by atoms with Crippen LogP contribution in [0.4, 0.5) is 0 Å². The summed E-state index contributed by atoms with van der Waals surface area (Å²) in [5, 5.41) is 39.1. The van der Waals surface area contributed by atoms with Crippen LogP contribution in [-0.2, 0) is 44.6 Å². The third-order valence-corrected chi connectivity index (χ3v) is 22.1. The Hall–Kier alpha value is -4.09. The van der Waals surface area contributed by atoms with Crippen molar-refractivity contribution in [2.75, 3.05) is 121 Å². The van der Waals surface area contributed by atoms with Gasteiger partial charge in [0.1, 0.15) is 5.75 Å². The van der Waals surface area contributed by atoms with E-state index < -0.39 is 0 Å². The Morgan fingerprint density at radius 1 is 0.327 bits per heavy atom. The molecule has 21 heteroatoms. The third-order valence-electron chi connectivity index (χ3n) is 22.1. The fourth-order valence-electron chi connectivity index (χ4n) is 16.5. The summed E-state index contributed by atoms with van der Waals surface area (Å²) in [6.45, 7) is 15.3. The predicted molar refractivity (Wildman–Crippen MR) is 448 cm³/mol. The first kappa shape index (κ1) is 103. The standard InChI is InChI=1S/C21H33NO3.C20H31NO4.C20H31NO3.C19H29NO4.6CH4.3ClH/c1-16-10-12-22(15-16)18-6-4-5-7-19(18)25-13-11-17-8-9-20(23-2)21(14-17)24-3;1-23-19-8-7-15(13-20(19)24-2)10-12-25-18-6-4-3-5-17(18)21-11-9-16(22)14-21;1-15-7-8-16(13-20(15)23-2)10-12-24-19-6-4-3-5-18(19)21-11-9-17(22)14-21;1-23-19-12-14(6-7-17(19)22)9-11-24-18-5-3-2-4-16(18)20-10-8-15(21)13-20;;;;;;;;;/h8-9,14,16,18-19H,4-7,10-13,15H2,1-3H3;7-8,13,16-18,22H,3-6,9-12,14H2,1-2H3;7-8,13,17-19,22H,3-6,9-12,14H2,1-2H3;6-7,12,15-16,18,21-22H,2-5,8-11,13H2,1H3;6*1H4;3*1H/t16-,18-,19-;16-,17-,18-;17-,18-,19-;15-,16-,18-;;;;;;;;;/m1111........./s1. The number of phenols is 1. The van der Waals surface area contributed by atoms with Crippen molar-refractivity contribution in [3.63, 3.8) is 0 Å². The second-order valence-corrected chi connectivity index (χ2v) is 28.9. The highest BCUT2D eigenvalue weighted by molar-refractivity contribution is 5.86. The number of aromatic hydroxyl groups is 1. The monoisotopic (exact) mass is 1570 g/mol. The average Bonchev–Trinajstić information content (AvgIpc) is 1.78. The third kappa shape index (κ3) is 31.4. The second-order valence-electron chi connectivity index (χ2n) is 28.9. The maximum atomic E-state index is 9.83. The van der Waals surface area contributed by atoms with Gasteiger partial charge in [-0.15, -0.1) is 37.2 Å². The predicted octanol–water partition coefficient (Wildman–Crippen LogP) is 16.9. The molecule has 12 rings (SSSR count). The van der Waals surface area contributed by atoms with Gasteiger partial charge in [-0.25, -0.2) is 0 Å². The maximum absolute atomic E-state index is 9.83. The topological polar surface area (TPSA) is 186 Å². The minimum absolute atomic E-state index is 0. The number of ether oxygens (including phenoxy) is 10. The molecule has 620 valence electrons. The van der Waals surface area contributed by atoms with E-state index in [4.69, 9.17) is 47.4 Å². The van der Waals surface area contributed by atoms with E-state index in [-0.39, 0.29) is 112 Å². The minimum Gasteiger partial charge on any atom is -0.504 e. The molecule has 0 amide bonds. The first-order chi connectivity index (χ1) is 47.8. The van der Waals surface area contributed by atoms with Crippen molar-refractivity contribution in [2.24, 2.45) is 5.92 Å². The number of nitrogens with zero attached hydrogens (tertiary/aromatic N) is 4. The lowest BCUT2D eigenvalue weighted by molar-refractivity contribution is -0.0317. The molecule has 8 aliphatic rings. The van der Waals surface area contributed by atoms with Gasteiger partial charge in [0.25, 0.3) is 0 Å². The van der Waals surface area contributed by atoms with Gasteiger partial charge in [0, 0.05) is 70.0 Å². The van der Waals surface area contributed by atoms with Crippen molar-refractivity contribution in [1.82, 2.24) is 19.6 Å². The normalized spacial score (nSPS) is 25.4. The molecule has 4 heterocycles. The number of halogens is 3. The van der Waals surface area contributed by atoms with Crippen molar-refractivity contribution < 1.29 is 67.8 Å². The first-order valence-electron chi connectivity index (χ1n) is 37.6. The largest absolute Gasteiger partial charge is 0.504 e. The van der Waals surface area contributed by atoms with Gasteiger partial charge < -0.3 is 67.8 Å². The van der Waals surface area contributed by atoms with E-state index in [9.17, 15) is 20.4 Å². The molecule has 0 bridgehead atoms. The first-order valence-corrected chi connectivity index (χ1v) is 37.6. The molecule has 0 aromatic heterocycles. The van der Waals surface area contributed by atoms with Gasteiger partial charge in [0.2, 0.25) is 0 Å². The van der Waals surface area contributed by atoms with Gasteiger partial charge >= 0.3 is 0 Å². The van der Waals surface area contributed by atoms with Crippen LogP contribution in [0.3, 0.4) is 0 Å². The van der Waals surface area contributed by atoms with Crippen LogP contribution in [0.15, 0.2) is 72.8 Å². The fraction of sp³-hybridized carbons (Fsp3) is 0.721. The Morgan fingerprint density at radius 2 is 0.598 bits per heavy atom. The number of aryl methyl sites for hydroxylation is 1. The van der Waals surface area contributed by atoms with Gasteiger partial charge in [0.05, 0.1) is 112 Å². The summed E-state index contributed by atoms with van der Waals surface area (Å²) < 4.78 is 57.1. The zero-order chi connectivity index (χ0) is 69.2. The Morgan fingerprint density at radius 3 is 0.888 bits per heavy atom. The molecule has 12 atom stereocenters. The molecule has 4 aromatic carbocycles. The summed E-state index contributed by atoms with van der Waals surface area (Å²) >= 11 is 0. The molecular weight excluding hydrogens is 1420 g/mol. The second kappa shape index (κ2) is 54.6. The van der Waals surface area contributed by atoms with E-state index >= 15 is 0 Å². The molecule has 4 aliphatic carbocycles. The summed E-state index contributed by atoms with van der Waals surface area (Å²) in [5.74, 6) is 5.57. The summed E-state index contributed by atoms with van der Waals surface area (Å²) in [7, 11) is 9.95. The summed E-state index contributed by atoms with van der Waals surface area (Å²) in [4.78, 5) is 9.98. The molecule has 0 radical (unpaired) electrons. The van der Waals surface area contributed by atoms with Gasteiger partial charge in [-0.3, -0.25) is 19.6 Å². The molecule has 0 spiro atoms. The number of aliphatic hydroxyl groups excluding tert-OH is 3. The number of rotatable bonds is 26. The SMILES string of the molecule is C.C.C.C.C.C.COc1cc(CCO[C@@H]2CCCC[C@H]2N2CC[C@@H](O)C2)ccc1C.COc1cc(CCO[C@@H]2CCCC[C@H]2N2CC[C@@H](O)C2)ccc1O.COc1ccc(CCO[C@@H]2CCCC[C@H]2N2CC[C@@H](C)C2)cc1OC.COc1ccc(CCO[C@@H]2CCCC[C@H]2N2CC[C@@H](O)C2)cc1OC.Cl.Cl.Cl. The maximum Gasteiger partial charge on any atom is 0.160 e. The van der Waals surface area contributed by atoms with Crippen LogP contribution in [-0.4, -0.2) is 228 Å². The van der Waals surface area contributed by atoms with E-state index in [1.165, 1.54) is 125 Å². The van der Waals surface area contributed by atoms with Crippen LogP contribution in [0.25, 0.3) is 0 Å². The molecule has 4 N–H and O–H groups in total. The van der Waals surface area contributed by atoms with Crippen LogP contribution in [0.2, 0.25) is 0 Å². The van der Waals surface area contributed by atoms with E-state index in [1.807, 2.05) is 30.3 Å².